The van der Waals surface area contributed by atoms with Gasteiger partial charge in [-0.05, 0) is 25.5 Å². The highest BCUT2D eigenvalue weighted by Crippen LogP contribution is 2.29. The van der Waals surface area contributed by atoms with E-state index in [-0.39, 0.29) is 0 Å². The first-order valence-corrected chi connectivity index (χ1v) is 3.95. The smallest absolute Gasteiger partial charge is 0.0477 e. The molecule has 0 radical (unpaired) electrons. The average Bonchev–Trinajstić information content (AvgIpc) is 2.06. The Morgan fingerprint density at radius 2 is 2.36 bits per heavy atom. The van der Waals surface area contributed by atoms with Crippen molar-refractivity contribution in [2.75, 3.05) is 0 Å². The van der Waals surface area contributed by atoms with Crippen molar-refractivity contribution >= 4 is 6.21 Å². The average molecular weight is 145 g/mol. The van der Waals surface area contributed by atoms with Crippen molar-refractivity contribution in [2.45, 2.75) is 13.3 Å². The Labute approximate surface area is 66.8 Å². The van der Waals surface area contributed by atoms with Gasteiger partial charge in [0, 0.05) is 17.8 Å². The van der Waals surface area contributed by atoms with Gasteiger partial charge in [-0.25, -0.2) is 0 Å². The van der Waals surface area contributed by atoms with Crippen LogP contribution in [0.15, 0.2) is 40.6 Å². The molecule has 0 N–H and O–H groups in total. The summed E-state index contributed by atoms with van der Waals surface area (Å²) in [5.74, 6) is 0.560. The third-order valence-electron chi connectivity index (χ3n) is 2.24. The minimum Gasteiger partial charge on any atom is -0.261 e. The Morgan fingerprint density at radius 1 is 1.45 bits per heavy atom. The Bertz CT molecular complexity index is 279. The predicted octanol–water partition coefficient (Wildman–Crippen LogP) is 2.48. The van der Waals surface area contributed by atoms with Gasteiger partial charge in [-0.15, -0.1) is 0 Å². The summed E-state index contributed by atoms with van der Waals surface area (Å²) in [5, 5.41) is 0. The fourth-order valence-corrected chi connectivity index (χ4v) is 1.53. The van der Waals surface area contributed by atoms with E-state index in [1.54, 1.807) is 0 Å². The molecular formula is C10H11N. The number of dihydropyridines is 1. The zero-order chi connectivity index (χ0) is 7.68. The quantitative estimate of drug-likeness (QED) is 0.496. The van der Waals surface area contributed by atoms with Crippen molar-refractivity contribution in [1.82, 2.24) is 0 Å². The van der Waals surface area contributed by atoms with E-state index >= 15 is 0 Å². The minimum atomic E-state index is 0.560. The summed E-state index contributed by atoms with van der Waals surface area (Å²) in [4.78, 5) is 4.31. The second-order valence-electron chi connectivity index (χ2n) is 3.00. The van der Waals surface area contributed by atoms with Crippen LogP contribution in [-0.4, -0.2) is 6.21 Å². The molecule has 1 nitrogen and oxygen atoms in total. The summed E-state index contributed by atoms with van der Waals surface area (Å²) in [5.41, 5.74) is 2.64. The van der Waals surface area contributed by atoms with Crippen molar-refractivity contribution in [2.24, 2.45) is 10.9 Å². The van der Waals surface area contributed by atoms with Crippen LogP contribution >= 0.6 is 0 Å². The first kappa shape index (κ1) is 6.59. The van der Waals surface area contributed by atoms with Crippen LogP contribution in [0.25, 0.3) is 0 Å². The molecule has 1 unspecified atom stereocenters. The summed E-state index contributed by atoms with van der Waals surface area (Å²) < 4.78 is 0. The van der Waals surface area contributed by atoms with E-state index in [0.717, 1.165) is 6.42 Å². The van der Waals surface area contributed by atoms with E-state index in [4.69, 9.17) is 0 Å². The first-order chi connectivity index (χ1) is 5.38. The summed E-state index contributed by atoms with van der Waals surface area (Å²) in [6, 6.07) is 0. The van der Waals surface area contributed by atoms with E-state index in [1.165, 1.54) is 11.3 Å². The van der Waals surface area contributed by atoms with E-state index in [0.29, 0.717) is 5.92 Å². The maximum absolute atomic E-state index is 4.31. The molecule has 1 atom stereocenters. The van der Waals surface area contributed by atoms with Crippen LogP contribution in [0.1, 0.15) is 13.3 Å². The van der Waals surface area contributed by atoms with Crippen LogP contribution in [0.2, 0.25) is 0 Å². The molecule has 0 bridgehead atoms. The summed E-state index contributed by atoms with van der Waals surface area (Å²) in [6.45, 7) is 2.17. The molecule has 1 heteroatoms. The van der Waals surface area contributed by atoms with Crippen LogP contribution in [0, 0.1) is 5.92 Å². The molecule has 0 aromatic heterocycles. The standard InChI is InChI=1S/C10H11N/c1-8-6-7-11-10-5-3-2-4-9(8)10/h2-3,5-7,9H,4H2,1H3. The molecule has 2 aliphatic rings. The van der Waals surface area contributed by atoms with Gasteiger partial charge >= 0.3 is 0 Å². The molecule has 0 aromatic carbocycles. The number of nitrogens with zero attached hydrogens (tertiary/aromatic N) is 1. The highest BCUT2D eigenvalue weighted by atomic mass is 14.8. The number of hydrogen-bond donors (Lipinski definition) is 0. The number of hydrogen-bond acceptors (Lipinski definition) is 1. The van der Waals surface area contributed by atoms with E-state index in [9.17, 15) is 0 Å². The largest absolute Gasteiger partial charge is 0.261 e. The number of fused-ring (bicyclic) bond motifs is 1. The summed E-state index contributed by atoms with van der Waals surface area (Å²) in [7, 11) is 0. The fourth-order valence-electron chi connectivity index (χ4n) is 1.53. The zero-order valence-electron chi connectivity index (χ0n) is 6.62. The molecule has 56 valence electrons. The monoisotopic (exact) mass is 145 g/mol. The topological polar surface area (TPSA) is 12.4 Å². The normalized spacial score (nSPS) is 27.5. The van der Waals surface area contributed by atoms with Crippen molar-refractivity contribution < 1.29 is 0 Å². The second kappa shape index (κ2) is 2.50. The molecule has 0 fully saturated rings. The van der Waals surface area contributed by atoms with Gasteiger partial charge in [-0.2, -0.15) is 0 Å². The molecule has 1 aliphatic carbocycles. The number of allylic oxidation sites excluding steroid dienone is 5. The molecule has 1 aliphatic heterocycles. The lowest BCUT2D eigenvalue weighted by molar-refractivity contribution is 0.703. The van der Waals surface area contributed by atoms with Crippen LogP contribution in [0.4, 0.5) is 0 Å². The highest BCUT2D eigenvalue weighted by Gasteiger charge is 2.17. The van der Waals surface area contributed by atoms with E-state index < -0.39 is 0 Å². The number of rotatable bonds is 0. The molecule has 11 heavy (non-hydrogen) atoms. The zero-order valence-corrected chi connectivity index (χ0v) is 6.62. The minimum absolute atomic E-state index is 0.560. The first-order valence-electron chi connectivity index (χ1n) is 3.95. The van der Waals surface area contributed by atoms with Crippen LogP contribution in [0.5, 0.6) is 0 Å². The van der Waals surface area contributed by atoms with Crippen LogP contribution < -0.4 is 0 Å². The molecular weight excluding hydrogens is 134 g/mol. The molecule has 0 amide bonds. The summed E-state index contributed by atoms with van der Waals surface area (Å²) >= 11 is 0. The third kappa shape index (κ3) is 1.07. The van der Waals surface area contributed by atoms with Crippen molar-refractivity contribution in [3.05, 3.63) is 35.6 Å². The Morgan fingerprint density at radius 3 is 3.18 bits per heavy atom. The van der Waals surface area contributed by atoms with Gasteiger partial charge in [0.2, 0.25) is 0 Å². The predicted molar refractivity (Wildman–Crippen MR) is 47.6 cm³/mol. The van der Waals surface area contributed by atoms with Gasteiger partial charge < -0.3 is 0 Å². The lowest BCUT2D eigenvalue weighted by Gasteiger charge is -2.21. The van der Waals surface area contributed by atoms with Gasteiger partial charge in [0.15, 0.2) is 0 Å². The van der Waals surface area contributed by atoms with Gasteiger partial charge in [-0.1, -0.05) is 17.7 Å². The molecule has 0 saturated heterocycles. The SMILES string of the molecule is CC1=CC=NC2=CC=CCC12. The maximum Gasteiger partial charge on any atom is 0.0477 e. The lowest BCUT2D eigenvalue weighted by Crippen LogP contribution is -2.09. The van der Waals surface area contributed by atoms with Gasteiger partial charge in [-0.3, -0.25) is 4.99 Å². The van der Waals surface area contributed by atoms with E-state index in [2.05, 4.69) is 36.2 Å². The molecule has 0 saturated carbocycles. The van der Waals surface area contributed by atoms with Crippen molar-refractivity contribution in [1.29, 1.82) is 0 Å². The summed E-state index contributed by atoms with van der Waals surface area (Å²) in [6.07, 6.45) is 11.5. The van der Waals surface area contributed by atoms with Gasteiger partial charge in [0.1, 0.15) is 0 Å². The Hall–Kier alpha value is -1.11. The number of aliphatic imine (C=N–C) groups is 1. The third-order valence-corrected chi connectivity index (χ3v) is 2.24. The van der Waals surface area contributed by atoms with Crippen molar-refractivity contribution in [3.63, 3.8) is 0 Å². The van der Waals surface area contributed by atoms with Crippen LogP contribution in [0.3, 0.4) is 0 Å². The van der Waals surface area contributed by atoms with E-state index in [1.807, 2.05) is 6.21 Å². The molecule has 0 aromatic rings. The lowest BCUT2D eigenvalue weighted by atomic mass is 9.89. The maximum atomic E-state index is 4.31. The second-order valence-corrected chi connectivity index (χ2v) is 3.00. The Kier molecular flexibility index (Phi) is 1.50. The molecule has 0 spiro atoms. The molecule has 2 rings (SSSR count). The van der Waals surface area contributed by atoms with Crippen LogP contribution in [-0.2, 0) is 0 Å². The van der Waals surface area contributed by atoms with Gasteiger partial charge in [0.05, 0.1) is 0 Å². The Balaban J connectivity index is 2.37. The van der Waals surface area contributed by atoms with Crippen molar-refractivity contribution in [3.8, 4) is 0 Å². The highest BCUT2D eigenvalue weighted by molar-refractivity contribution is 5.75. The van der Waals surface area contributed by atoms with Gasteiger partial charge in [0.25, 0.3) is 0 Å². The molecule has 1 heterocycles. The fraction of sp³-hybridized carbons (Fsp3) is 0.300.